The molecule has 0 bridgehead atoms. The molecule has 0 atom stereocenters. The molecule has 0 aliphatic carbocycles. The van der Waals surface area contributed by atoms with Gasteiger partial charge in [0, 0.05) is 14.9 Å². The van der Waals surface area contributed by atoms with E-state index in [-0.39, 0.29) is 4.88 Å². The number of aryl methyl sites for hydroxylation is 1. The Balaban J connectivity index is 2.71. The Kier molecular flexibility index (Phi) is 3.96. The number of thiophene rings is 1. The summed E-state index contributed by atoms with van der Waals surface area (Å²) in [6.45, 7) is 3.99. The van der Waals surface area contributed by atoms with Crippen LogP contribution in [0.5, 0.6) is 0 Å². The largest absolute Gasteiger partial charge is 0.477 e. The lowest BCUT2D eigenvalue weighted by Gasteiger charge is -2.06. The summed E-state index contributed by atoms with van der Waals surface area (Å²) in [4.78, 5) is 12.4. The number of carboxylic acids is 1. The molecule has 3 nitrogen and oxygen atoms in total. The van der Waals surface area contributed by atoms with Crippen molar-refractivity contribution in [2.24, 2.45) is 0 Å². The van der Waals surface area contributed by atoms with Crippen LogP contribution in [0.1, 0.15) is 27.7 Å². The van der Waals surface area contributed by atoms with E-state index in [1.165, 1.54) is 11.3 Å². The van der Waals surface area contributed by atoms with Crippen LogP contribution in [0.25, 0.3) is 10.4 Å². The Labute approximate surface area is 124 Å². The standard InChI is InChI=1S/C14H14BrNO2S/c1-3-8-11(16)13(14(17)18)19-12(8)9-6-7(2)4-5-10(9)15/h4-6H,3,16H2,1-2H3,(H,17,18). The van der Waals surface area contributed by atoms with Gasteiger partial charge in [-0.2, -0.15) is 0 Å². The van der Waals surface area contributed by atoms with Crippen molar-refractivity contribution in [3.8, 4) is 10.4 Å². The number of carboxylic acid groups (broad SMARTS) is 1. The van der Waals surface area contributed by atoms with Gasteiger partial charge in [0.2, 0.25) is 0 Å². The molecule has 2 rings (SSSR count). The average Bonchev–Trinajstić information content (AvgIpc) is 2.69. The van der Waals surface area contributed by atoms with Crippen molar-refractivity contribution in [1.82, 2.24) is 0 Å². The molecule has 0 aliphatic rings. The Morgan fingerprint density at radius 1 is 1.47 bits per heavy atom. The minimum Gasteiger partial charge on any atom is -0.477 e. The molecule has 1 aromatic heterocycles. The van der Waals surface area contributed by atoms with E-state index in [1.807, 2.05) is 32.0 Å². The van der Waals surface area contributed by atoms with Gasteiger partial charge in [-0.3, -0.25) is 0 Å². The number of anilines is 1. The maximum Gasteiger partial charge on any atom is 0.348 e. The first-order valence-electron chi connectivity index (χ1n) is 5.86. The van der Waals surface area contributed by atoms with Crippen LogP contribution in [0, 0.1) is 6.92 Å². The first kappa shape index (κ1) is 14.1. The van der Waals surface area contributed by atoms with Crippen LogP contribution in [0.15, 0.2) is 22.7 Å². The first-order valence-corrected chi connectivity index (χ1v) is 7.47. The molecule has 0 amide bonds. The van der Waals surface area contributed by atoms with Crippen LogP contribution in [0.2, 0.25) is 0 Å². The molecule has 0 saturated carbocycles. The lowest BCUT2D eigenvalue weighted by Crippen LogP contribution is -1.99. The molecule has 100 valence electrons. The van der Waals surface area contributed by atoms with Crippen molar-refractivity contribution in [3.63, 3.8) is 0 Å². The highest BCUT2D eigenvalue weighted by Gasteiger charge is 2.21. The van der Waals surface area contributed by atoms with E-state index in [0.29, 0.717) is 12.1 Å². The molecule has 0 aliphatic heterocycles. The van der Waals surface area contributed by atoms with Gasteiger partial charge in [-0.25, -0.2) is 4.79 Å². The predicted molar refractivity (Wildman–Crippen MR) is 82.9 cm³/mol. The smallest absolute Gasteiger partial charge is 0.348 e. The number of carbonyl (C=O) groups is 1. The Hall–Kier alpha value is -1.33. The van der Waals surface area contributed by atoms with Crippen LogP contribution in [0.4, 0.5) is 5.69 Å². The second-order valence-electron chi connectivity index (χ2n) is 4.29. The van der Waals surface area contributed by atoms with Crippen molar-refractivity contribution >= 4 is 38.9 Å². The molecular formula is C14H14BrNO2S. The first-order chi connectivity index (χ1) is 8.95. The van der Waals surface area contributed by atoms with E-state index >= 15 is 0 Å². The second-order valence-corrected chi connectivity index (χ2v) is 6.17. The minimum absolute atomic E-state index is 0.222. The highest BCUT2D eigenvalue weighted by molar-refractivity contribution is 9.10. The van der Waals surface area contributed by atoms with Crippen molar-refractivity contribution in [2.45, 2.75) is 20.3 Å². The summed E-state index contributed by atoms with van der Waals surface area (Å²) in [6.07, 6.45) is 0.714. The van der Waals surface area contributed by atoms with Gasteiger partial charge in [0.1, 0.15) is 4.88 Å². The highest BCUT2D eigenvalue weighted by Crippen LogP contribution is 2.42. The Bertz CT molecular complexity index is 649. The molecule has 0 fully saturated rings. The van der Waals surface area contributed by atoms with Crippen molar-refractivity contribution in [1.29, 1.82) is 0 Å². The molecule has 19 heavy (non-hydrogen) atoms. The Morgan fingerprint density at radius 2 is 2.16 bits per heavy atom. The molecule has 1 aromatic carbocycles. The van der Waals surface area contributed by atoms with Gasteiger partial charge < -0.3 is 10.8 Å². The van der Waals surface area contributed by atoms with Crippen LogP contribution < -0.4 is 5.73 Å². The van der Waals surface area contributed by atoms with E-state index in [1.54, 1.807) is 0 Å². The summed E-state index contributed by atoms with van der Waals surface area (Å²) < 4.78 is 0.950. The summed E-state index contributed by atoms with van der Waals surface area (Å²) in [5.74, 6) is -0.966. The minimum atomic E-state index is -0.966. The topological polar surface area (TPSA) is 63.3 Å². The van der Waals surface area contributed by atoms with Gasteiger partial charge >= 0.3 is 5.97 Å². The van der Waals surface area contributed by atoms with Crippen molar-refractivity contribution in [3.05, 3.63) is 38.7 Å². The van der Waals surface area contributed by atoms with Gasteiger partial charge in [-0.1, -0.05) is 34.5 Å². The lowest BCUT2D eigenvalue weighted by molar-refractivity contribution is 0.0703. The number of rotatable bonds is 3. The third kappa shape index (κ3) is 2.53. The van der Waals surface area contributed by atoms with Crippen LogP contribution >= 0.6 is 27.3 Å². The maximum absolute atomic E-state index is 11.2. The number of nitrogen functional groups attached to an aromatic ring is 1. The van der Waals surface area contributed by atoms with Gasteiger partial charge in [-0.05, 0) is 31.0 Å². The van der Waals surface area contributed by atoms with Crippen LogP contribution in [0.3, 0.4) is 0 Å². The third-order valence-electron chi connectivity index (χ3n) is 2.96. The van der Waals surface area contributed by atoms with Crippen LogP contribution in [-0.4, -0.2) is 11.1 Å². The number of nitrogens with two attached hydrogens (primary N) is 1. The summed E-state index contributed by atoms with van der Waals surface area (Å²) in [5.41, 5.74) is 9.39. The van der Waals surface area contributed by atoms with Gasteiger partial charge in [-0.15, -0.1) is 11.3 Å². The van der Waals surface area contributed by atoms with Gasteiger partial charge in [0.25, 0.3) is 0 Å². The predicted octanol–water partition coefficient (Wildman–Crippen LogP) is 4.33. The molecule has 3 N–H and O–H groups in total. The fourth-order valence-corrected chi connectivity index (χ4v) is 3.78. The average molecular weight is 340 g/mol. The monoisotopic (exact) mass is 339 g/mol. The van der Waals surface area contributed by atoms with E-state index in [9.17, 15) is 9.90 Å². The normalized spacial score (nSPS) is 10.7. The summed E-state index contributed by atoms with van der Waals surface area (Å²) in [6, 6.07) is 6.02. The fourth-order valence-electron chi connectivity index (χ4n) is 2.02. The number of hydrogen-bond donors (Lipinski definition) is 2. The highest BCUT2D eigenvalue weighted by atomic mass is 79.9. The zero-order valence-corrected chi connectivity index (χ0v) is 13.1. The Morgan fingerprint density at radius 3 is 2.74 bits per heavy atom. The van der Waals surface area contributed by atoms with Crippen LogP contribution in [-0.2, 0) is 6.42 Å². The maximum atomic E-state index is 11.2. The lowest BCUT2D eigenvalue weighted by atomic mass is 10.0. The second kappa shape index (κ2) is 5.35. The van der Waals surface area contributed by atoms with Crippen molar-refractivity contribution < 1.29 is 9.90 Å². The molecule has 0 saturated heterocycles. The zero-order valence-electron chi connectivity index (χ0n) is 10.7. The van der Waals surface area contributed by atoms with E-state index < -0.39 is 5.97 Å². The fraction of sp³-hybridized carbons (Fsp3) is 0.214. The molecule has 1 heterocycles. The number of aromatic carboxylic acids is 1. The molecule has 5 heteroatoms. The third-order valence-corrected chi connectivity index (χ3v) is 4.92. The molecular weight excluding hydrogens is 326 g/mol. The zero-order chi connectivity index (χ0) is 14.2. The quantitative estimate of drug-likeness (QED) is 0.874. The molecule has 0 radical (unpaired) electrons. The number of benzene rings is 1. The molecule has 0 unspecified atom stereocenters. The number of halogens is 1. The van der Waals surface area contributed by atoms with Gasteiger partial charge in [0.15, 0.2) is 0 Å². The van der Waals surface area contributed by atoms with E-state index in [4.69, 9.17) is 5.73 Å². The summed E-state index contributed by atoms with van der Waals surface area (Å²) in [5, 5.41) is 9.19. The molecule has 2 aromatic rings. The SMILES string of the molecule is CCc1c(-c2cc(C)ccc2Br)sc(C(=O)O)c1N. The summed E-state index contributed by atoms with van der Waals surface area (Å²) in [7, 11) is 0. The van der Waals surface area contributed by atoms with E-state index in [2.05, 4.69) is 15.9 Å². The summed E-state index contributed by atoms with van der Waals surface area (Å²) >= 11 is 4.76. The van der Waals surface area contributed by atoms with Gasteiger partial charge in [0.05, 0.1) is 5.69 Å². The molecule has 0 spiro atoms. The van der Waals surface area contributed by atoms with E-state index in [0.717, 1.165) is 26.0 Å². The number of hydrogen-bond acceptors (Lipinski definition) is 3. The van der Waals surface area contributed by atoms with Crippen molar-refractivity contribution in [2.75, 3.05) is 5.73 Å².